The predicted molar refractivity (Wildman–Crippen MR) is 113 cm³/mol. The van der Waals surface area contributed by atoms with Crippen LogP contribution in [0.1, 0.15) is 68.6 Å². The summed E-state index contributed by atoms with van der Waals surface area (Å²) in [6.07, 6.45) is 3.93. The molecule has 4 rings (SSSR count). The fourth-order valence-corrected chi connectivity index (χ4v) is 4.18. The maximum absolute atomic E-state index is 13.3. The number of fused-ring (bicyclic) bond motifs is 2. The second kappa shape index (κ2) is 7.43. The van der Waals surface area contributed by atoms with Crippen LogP contribution in [0.2, 0.25) is 0 Å². The molecular weight excluding hydrogens is 364 g/mol. The van der Waals surface area contributed by atoms with Crippen molar-refractivity contribution in [1.82, 2.24) is 10.3 Å². The average molecular weight is 395 g/mol. The fourth-order valence-electron chi connectivity index (χ4n) is 4.18. The molecule has 2 atom stereocenters. The van der Waals surface area contributed by atoms with Gasteiger partial charge in [0.2, 0.25) is 0 Å². The van der Waals surface area contributed by atoms with Gasteiger partial charge in [0, 0.05) is 17.1 Å². The lowest BCUT2D eigenvalue weighted by Gasteiger charge is -2.35. The van der Waals surface area contributed by atoms with Crippen molar-refractivity contribution < 1.29 is 14.3 Å². The molecule has 0 saturated heterocycles. The molecule has 0 aliphatic heterocycles. The largest absolute Gasteiger partial charge is 0.449 e. The zero-order chi connectivity index (χ0) is 20.8. The normalized spacial score (nSPS) is 20.1. The Morgan fingerprint density at radius 1 is 1.17 bits per heavy atom. The minimum atomic E-state index is -0.812. The number of pyridine rings is 1. The summed E-state index contributed by atoms with van der Waals surface area (Å²) in [5, 5.41) is 3.71. The van der Waals surface area contributed by atoms with Crippen LogP contribution in [-0.4, -0.2) is 29.0 Å². The van der Waals surface area contributed by atoms with Crippen LogP contribution in [0.15, 0.2) is 24.3 Å². The smallest absolute Gasteiger partial charge is 0.339 e. The van der Waals surface area contributed by atoms with Gasteiger partial charge in [-0.3, -0.25) is 9.78 Å². The van der Waals surface area contributed by atoms with Crippen molar-refractivity contribution in [2.45, 2.75) is 71.9 Å². The second-order valence-corrected chi connectivity index (χ2v) is 9.57. The summed E-state index contributed by atoms with van der Waals surface area (Å²) in [7, 11) is 0. The van der Waals surface area contributed by atoms with Crippen LogP contribution in [-0.2, 0) is 22.4 Å². The zero-order valence-corrected chi connectivity index (χ0v) is 17.7. The second-order valence-electron chi connectivity index (χ2n) is 9.57. The Morgan fingerprint density at radius 3 is 2.59 bits per heavy atom. The number of aromatic nitrogens is 1. The van der Waals surface area contributed by atoms with E-state index in [1.807, 2.05) is 24.3 Å². The van der Waals surface area contributed by atoms with E-state index in [0.29, 0.717) is 11.5 Å². The van der Waals surface area contributed by atoms with E-state index < -0.39 is 12.1 Å². The van der Waals surface area contributed by atoms with E-state index in [0.717, 1.165) is 54.3 Å². The van der Waals surface area contributed by atoms with Gasteiger partial charge in [-0.2, -0.15) is 0 Å². The van der Waals surface area contributed by atoms with Gasteiger partial charge < -0.3 is 10.1 Å². The first-order valence-electron chi connectivity index (χ1n) is 10.7. The van der Waals surface area contributed by atoms with Gasteiger partial charge >= 0.3 is 5.97 Å². The van der Waals surface area contributed by atoms with Gasteiger partial charge in [-0.15, -0.1) is 0 Å². The molecule has 2 aliphatic rings. The molecule has 1 amide bonds. The number of carbonyl (C=O) groups excluding carboxylic acids is 2. The molecule has 2 aromatic rings. The molecule has 0 spiro atoms. The van der Waals surface area contributed by atoms with Gasteiger partial charge in [0.15, 0.2) is 6.10 Å². The van der Waals surface area contributed by atoms with Gasteiger partial charge in [-0.05, 0) is 62.0 Å². The quantitative estimate of drug-likeness (QED) is 0.789. The standard InChI is InChI=1S/C24H30N2O3/c1-14(22(27)25-16-10-11-16)29-23(28)21-17-7-5-6-8-19(17)26-20-12-9-15(13-18(20)21)24(2,3)4/h5-8,14-16H,9-13H2,1-4H3,(H,25,27)/t14-,15-/m0/s1. The molecule has 1 aromatic carbocycles. The Kier molecular flexibility index (Phi) is 5.09. The lowest BCUT2D eigenvalue weighted by molar-refractivity contribution is -0.129. The molecule has 0 radical (unpaired) electrons. The molecule has 29 heavy (non-hydrogen) atoms. The lowest BCUT2D eigenvalue weighted by atomic mass is 9.70. The molecule has 5 nitrogen and oxygen atoms in total. The first-order valence-corrected chi connectivity index (χ1v) is 10.7. The molecule has 154 valence electrons. The topological polar surface area (TPSA) is 68.3 Å². The van der Waals surface area contributed by atoms with Crippen molar-refractivity contribution in [3.05, 3.63) is 41.1 Å². The number of hydrogen-bond donors (Lipinski definition) is 1. The number of hydrogen-bond acceptors (Lipinski definition) is 4. The number of esters is 1. The molecule has 0 unspecified atom stereocenters. The van der Waals surface area contributed by atoms with E-state index in [-0.39, 0.29) is 17.4 Å². The van der Waals surface area contributed by atoms with E-state index >= 15 is 0 Å². The van der Waals surface area contributed by atoms with Crippen molar-refractivity contribution >= 4 is 22.8 Å². The predicted octanol–water partition coefficient (Wildman–Crippen LogP) is 4.21. The van der Waals surface area contributed by atoms with Crippen molar-refractivity contribution in [1.29, 1.82) is 0 Å². The first kappa shape index (κ1) is 19.9. The number of amides is 1. The highest BCUT2D eigenvalue weighted by molar-refractivity contribution is 6.05. The van der Waals surface area contributed by atoms with Crippen LogP contribution >= 0.6 is 0 Å². The van der Waals surface area contributed by atoms with Crippen LogP contribution in [0.25, 0.3) is 10.9 Å². The SMILES string of the molecule is C[C@H](OC(=O)c1c2c(nc3ccccc13)CC[C@H](C(C)(C)C)C2)C(=O)NC1CC1. The van der Waals surface area contributed by atoms with Crippen molar-refractivity contribution in [3.8, 4) is 0 Å². The van der Waals surface area contributed by atoms with Crippen LogP contribution in [0, 0.1) is 11.3 Å². The minimum absolute atomic E-state index is 0.155. The van der Waals surface area contributed by atoms with E-state index in [1.54, 1.807) is 6.92 Å². The van der Waals surface area contributed by atoms with Crippen molar-refractivity contribution in [2.75, 3.05) is 0 Å². The first-order chi connectivity index (χ1) is 13.7. The van der Waals surface area contributed by atoms with Crippen LogP contribution in [0.3, 0.4) is 0 Å². The highest BCUT2D eigenvalue weighted by Crippen LogP contribution is 2.39. The lowest BCUT2D eigenvalue weighted by Crippen LogP contribution is -2.37. The van der Waals surface area contributed by atoms with Gasteiger partial charge in [0.1, 0.15) is 0 Å². The Balaban J connectivity index is 1.69. The van der Waals surface area contributed by atoms with E-state index in [2.05, 4.69) is 26.1 Å². The summed E-state index contributed by atoms with van der Waals surface area (Å²) < 4.78 is 5.64. The summed E-state index contributed by atoms with van der Waals surface area (Å²) in [5.41, 5.74) is 3.54. The van der Waals surface area contributed by atoms with Crippen molar-refractivity contribution in [3.63, 3.8) is 0 Å². The Labute approximate surface area is 172 Å². The maximum atomic E-state index is 13.3. The number of aryl methyl sites for hydroxylation is 1. The third-order valence-corrected chi connectivity index (χ3v) is 6.26. The Bertz CT molecular complexity index is 956. The number of ether oxygens (including phenoxy) is 1. The molecule has 1 saturated carbocycles. The maximum Gasteiger partial charge on any atom is 0.339 e. The summed E-state index contributed by atoms with van der Waals surface area (Å²) in [4.78, 5) is 30.4. The molecule has 1 fully saturated rings. The van der Waals surface area contributed by atoms with Crippen LogP contribution in [0.4, 0.5) is 0 Å². The zero-order valence-electron chi connectivity index (χ0n) is 17.7. The van der Waals surface area contributed by atoms with Crippen molar-refractivity contribution in [2.24, 2.45) is 11.3 Å². The van der Waals surface area contributed by atoms with Gasteiger partial charge in [0.05, 0.1) is 11.1 Å². The Morgan fingerprint density at radius 2 is 1.90 bits per heavy atom. The summed E-state index contributed by atoms with van der Waals surface area (Å²) in [5.74, 6) is -0.173. The summed E-state index contributed by atoms with van der Waals surface area (Å²) in [6, 6.07) is 7.95. The fraction of sp³-hybridized carbons (Fsp3) is 0.542. The molecule has 1 N–H and O–H groups in total. The summed E-state index contributed by atoms with van der Waals surface area (Å²) in [6.45, 7) is 8.39. The van der Waals surface area contributed by atoms with Gasteiger partial charge in [-0.25, -0.2) is 4.79 Å². The molecule has 1 aromatic heterocycles. The summed E-state index contributed by atoms with van der Waals surface area (Å²) >= 11 is 0. The Hall–Kier alpha value is -2.43. The molecular formula is C24H30N2O3. The van der Waals surface area contributed by atoms with E-state index in [9.17, 15) is 9.59 Å². The van der Waals surface area contributed by atoms with Crippen LogP contribution in [0.5, 0.6) is 0 Å². The number of para-hydroxylation sites is 1. The minimum Gasteiger partial charge on any atom is -0.449 e. The molecule has 0 bridgehead atoms. The number of benzene rings is 1. The molecule has 1 heterocycles. The van der Waals surface area contributed by atoms with Gasteiger partial charge in [-0.1, -0.05) is 39.0 Å². The van der Waals surface area contributed by atoms with E-state index in [1.165, 1.54) is 0 Å². The van der Waals surface area contributed by atoms with Gasteiger partial charge in [0.25, 0.3) is 5.91 Å². The molecule has 2 aliphatic carbocycles. The van der Waals surface area contributed by atoms with E-state index in [4.69, 9.17) is 9.72 Å². The number of nitrogens with zero attached hydrogens (tertiary/aromatic N) is 1. The molecule has 5 heteroatoms. The third kappa shape index (κ3) is 4.14. The third-order valence-electron chi connectivity index (χ3n) is 6.26. The monoisotopic (exact) mass is 394 g/mol. The number of carbonyl (C=O) groups is 2. The number of rotatable bonds is 4. The number of nitrogens with one attached hydrogen (secondary N) is 1. The highest BCUT2D eigenvalue weighted by atomic mass is 16.5. The average Bonchev–Trinajstić information content (AvgIpc) is 3.48. The van der Waals surface area contributed by atoms with Crippen LogP contribution < -0.4 is 5.32 Å². The highest BCUT2D eigenvalue weighted by Gasteiger charge is 2.34.